The number of aromatic nitrogens is 2. The first-order valence-corrected chi connectivity index (χ1v) is 11.4. The van der Waals surface area contributed by atoms with Crippen molar-refractivity contribution in [2.45, 2.75) is 32.6 Å². The van der Waals surface area contributed by atoms with Gasteiger partial charge in [-0.25, -0.2) is 4.98 Å². The molecule has 0 aliphatic carbocycles. The summed E-state index contributed by atoms with van der Waals surface area (Å²) in [6.07, 6.45) is 9.02. The lowest BCUT2D eigenvalue weighted by Gasteiger charge is -2.12. The Bertz CT molecular complexity index is 1110. The Kier molecular flexibility index (Phi) is 6.72. The van der Waals surface area contributed by atoms with Crippen LogP contribution in [0.2, 0.25) is 0 Å². The van der Waals surface area contributed by atoms with Crippen molar-refractivity contribution in [3.05, 3.63) is 65.8 Å². The minimum atomic E-state index is -0.177. The highest BCUT2D eigenvalue weighted by Gasteiger charge is 2.34. The van der Waals surface area contributed by atoms with E-state index in [9.17, 15) is 9.59 Å². The first-order chi connectivity index (χ1) is 15.2. The highest BCUT2D eigenvalue weighted by atomic mass is 32.2. The van der Waals surface area contributed by atoms with Crippen LogP contribution in [0.3, 0.4) is 0 Å². The molecule has 1 aliphatic rings. The first kappa shape index (κ1) is 21.2. The summed E-state index contributed by atoms with van der Waals surface area (Å²) in [5.74, 6) is 0.554. The molecular formula is C24H25N3O3S. The summed E-state index contributed by atoms with van der Waals surface area (Å²) < 4.78 is 7.93. The number of benzene rings is 1. The fourth-order valence-electron chi connectivity index (χ4n) is 3.41. The molecule has 0 N–H and O–H groups in total. The Morgan fingerprint density at radius 1 is 1.10 bits per heavy atom. The number of imide groups is 1. The molecule has 0 saturated carbocycles. The Hall–Kier alpha value is -3.06. The van der Waals surface area contributed by atoms with Crippen molar-refractivity contribution in [2.75, 3.05) is 13.2 Å². The van der Waals surface area contributed by atoms with Crippen LogP contribution in [0, 0.1) is 0 Å². The van der Waals surface area contributed by atoms with Gasteiger partial charge in [0.05, 0.1) is 17.2 Å². The van der Waals surface area contributed by atoms with Crippen LogP contribution >= 0.6 is 11.8 Å². The van der Waals surface area contributed by atoms with Gasteiger partial charge in [0.2, 0.25) is 0 Å². The van der Waals surface area contributed by atoms with Crippen molar-refractivity contribution in [1.29, 1.82) is 0 Å². The van der Waals surface area contributed by atoms with Crippen LogP contribution in [-0.4, -0.2) is 38.6 Å². The zero-order chi connectivity index (χ0) is 21.6. The standard InChI is InChI=1S/C24H25N3O3S/c1-2-3-13-21-23(28)27(24(29)31-21)15-7-8-16-30-20-12-9-14-26-17-19(25-22(20)26)18-10-5-4-6-11-18/h4-6,9-14,17H,2-3,7-8,15-16H2,1H3/b21-13+. The number of rotatable bonds is 9. The average Bonchev–Trinajstić information content (AvgIpc) is 3.34. The van der Waals surface area contributed by atoms with Crippen molar-refractivity contribution in [1.82, 2.24) is 14.3 Å². The van der Waals surface area contributed by atoms with E-state index in [-0.39, 0.29) is 11.1 Å². The van der Waals surface area contributed by atoms with Crippen LogP contribution in [0.5, 0.6) is 5.75 Å². The lowest BCUT2D eigenvalue weighted by molar-refractivity contribution is -0.122. The van der Waals surface area contributed by atoms with E-state index in [1.165, 1.54) is 4.90 Å². The molecule has 160 valence electrons. The maximum Gasteiger partial charge on any atom is 0.293 e. The second-order valence-corrected chi connectivity index (χ2v) is 8.33. The van der Waals surface area contributed by atoms with Crippen molar-refractivity contribution in [3.8, 4) is 17.0 Å². The van der Waals surface area contributed by atoms with Crippen molar-refractivity contribution < 1.29 is 14.3 Å². The van der Waals surface area contributed by atoms with E-state index in [1.807, 2.05) is 72.3 Å². The van der Waals surface area contributed by atoms with E-state index in [4.69, 9.17) is 9.72 Å². The number of thioether (sulfide) groups is 1. The SMILES string of the molecule is CCC/C=C1/SC(=O)N(CCCCOc2cccn3cc(-c4ccccc4)nc23)C1=O. The largest absolute Gasteiger partial charge is 0.490 e. The lowest BCUT2D eigenvalue weighted by atomic mass is 10.2. The van der Waals surface area contributed by atoms with Crippen LogP contribution in [-0.2, 0) is 4.79 Å². The summed E-state index contributed by atoms with van der Waals surface area (Å²) in [5, 5.41) is -0.177. The van der Waals surface area contributed by atoms with E-state index < -0.39 is 0 Å². The maximum absolute atomic E-state index is 12.3. The van der Waals surface area contributed by atoms with Crippen molar-refractivity contribution in [3.63, 3.8) is 0 Å². The third kappa shape index (κ3) is 4.82. The second kappa shape index (κ2) is 9.83. The summed E-state index contributed by atoms with van der Waals surface area (Å²) in [4.78, 5) is 31.1. The first-order valence-electron chi connectivity index (χ1n) is 10.6. The Morgan fingerprint density at radius 2 is 1.94 bits per heavy atom. The molecule has 1 saturated heterocycles. The predicted octanol–water partition coefficient (Wildman–Crippen LogP) is 5.54. The Labute approximate surface area is 185 Å². The molecule has 4 rings (SSSR count). The summed E-state index contributed by atoms with van der Waals surface area (Å²) in [6, 6.07) is 13.9. The molecule has 7 heteroatoms. The Balaban J connectivity index is 1.32. The molecule has 0 spiro atoms. The van der Waals surface area contributed by atoms with Gasteiger partial charge in [-0.3, -0.25) is 14.5 Å². The number of unbranched alkanes of at least 4 members (excludes halogenated alkanes) is 2. The number of imidazole rings is 1. The van der Waals surface area contributed by atoms with Gasteiger partial charge < -0.3 is 9.14 Å². The zero-order valence-electron chi connectivity index (χ0n) is 17.5. The molecule has 0 atom stereocenters. The van der Waals surface area contributed by atoms with Gasteiger partial charge in [0.25, 0.3) is 11.1 Å². The van der Waals surface area contributed by atoms with E-state index in [0.29, 0.717) is 24.5 Å². The summed E-state index contributed by atoms with van der Waals surface area (Å²) in [5.41, 5.74) is 2.72. The van der Waals surface area contributed by atoms with Gasteiger partial charge in [-0.2, -0.15) is 0 Å². The van der Waals surface area contributed by atoms with Crippen LogP contribution in [0.15, 0.2) is 65.8 Å². The van der Waals surface area contributed by atoms with Crippen LogP contribution in [0.25, 0.3) is 16.9 Å². The molecule has 3 aromatic rings. The molecule has 3 heterocycles. The van der Waals surface area contributed by atoms with Crippen LogP contribution in [0.4, 0.5) is 4.79 Å². The molecule has 6 nitrogen and oxygen atoms in total. The van der Waals surface area contributed by atoms with Gasteiger partial charge >= 0.3 is 0 Å². The number of amides is 2. The number of nitrogens with zero attached hydrogens (tertiary/aromatic N) is 3. The molecule has 1 aromatic carbocycles. The number of fused-ring (bicyclic) bond motifs is 1. The molecule has 31 heavy (non-hydrogen) atoms. The van der Waals surface area contributed by atoms with E-state index in [2.05, 4.69) is 0 Å². The number of pyridine rings is 1. The van der Waals surface area contributed by atoms with Gasteiger partial charge in [0.1, 0.15) is 0 Å². The number of carbonyl (C=O) groups is 2. The van der Waals surface area contributed by atoms with Crippen molar-refractivity contribution >= 4 is 28.6 Å². The minimum Gasteiger partial charge on any atom is -0.490 e. The summed E-state index contributed by atoms with van der Waals surface area (Å²) in [7, 11) is 0. The van der Waals surface area contributed by atoms with Gasteiger partial charge in [0.15, 0.2) is 11.4 Å². The molecule has 1 aliphatic heterocycles. The second-order valence-electron chi connectivity index (χ2n) is 7.33. The summed E-state index contributed by atoms with van der Waals surface area (Å²) in [6.45, 7) is 2.96. The smallest absolute Gasteiger partial charge is 0.293 e. The number of carbonyl (C=O) groups excluding carboxylic acids is 2. The van der Waals surface area contributed by atoms with Crippen LogP contribution in [0.1, 0.15) is 32.6 Å². The van der Waals surface area contributed by atoms with E-state index in [1.54, 1.807) is 0 Å². The van der Waals surface area contributed by atoms with Crippen LogP contribution < -0.4 is 4.74 Å². The Morgan fingerprint density at radius 3 is 2.74 bits per heavy atom. The molecular weight excluding hydrogens is 410 g/mol. The van der Waals surface area contributed by atoms with Gasteiger partial charge in [-0.1, -0.05) is 49.8 Å². The average molecular weight is 436 g/mol. The maximum atomic E-state index is 12.3. The number of allylic oxidation sites excluding steroid dienone is 1. The van der Waals surface area contributed by atoms with Crippen molar-refractivity contribution in [2.24, 2.45) is 0 Å². The molecule has 0 radical (unpaired) electrons. The molecule has 2 aromatic heterocycles. The van der Waals surface area contributed by atoms with Gasteiger partial charge in [-0.05, 0) is 43.2 Å². The predicted molar refractivity (Wildman–Crippen MR) is 123 cm³/mol. The van der Waals surface area contributed by atoms with E-state index >= 15 is 0 Å². The zero-order valence-corrected chi connectivity index (χ0v) is 18.3. The van der Waals surface area contributed by atoms with Gasteiger partial charge in [-0.15, -0.1) is 0 Å². The molecule has 1 fully saturated rings. The minimum absolute atomic E-state index is 0.167. The topological polar surface area (TPSA) is 63.9 Å². The highest BCUT2D eigenvalue weighted by molar-refractivity contribution is 8.18. The van der Waals surface area contributed by atoms with E-state index in [0.717, 1.165) is 53.7 Å². The molecule has 0 unspecified atom stereocenters. The molecule has 0 bridgehead atoms. The number of ether oxygens (including phenoxy) is 1. The number of hydrogen-bond acceptors (Lipinski definition) is 5. The summed E-state index contributed by atoms with van der Waals surface area (Å²) >= 11 is 1.04. The monoisotopic (exact) mass is 435 g/mol. The normalized spacial score (nSPS) is 15.4. The highest BCUT2D eigenvalue weighted by Crippen LogP contribution is 2.31. The lowest BCUT2D eigenvalue weighted by Crippen LogP contribution is -2.29. The fraction of sp³-hybridized carbons (Fsp3) is 0.292. The molecule has 2 amide bonds. The third-order valence-corrected chi connectivity index (χ3v) is 6.00. The quantitative estimate of drug-likeness (QED) is 0.326. The fourth-order valence-corrected chi connectivity index (χ4v) is 4.28. The third-order valence-electron chi connectivity index (χ3n) is 5.04. The van der Waals surface area contributed by atoms with Gasteiger partial charge in [0, 0.05) is 24.5 Å². The number of hydrogen-bond donors (Lipinski definition) is 0.